The van der Waals surface area contributed by atoms with Crippen molar-refractivity contribution in [2.45, 2.75) is 63.1 Å². The fourth-order valence-electron chi connectivity index (χ4n) is 5.06. The lowest BCUT2D eigenvalue weighted by Gasteiger charge is -2.46. The van der Waals surface area contributed by atoms with Crippen molar-refractivity contribution >= 4 is 11.8 Å². The van der Waals surface area contributed by atoms with Crippen LogP contribution in [0.25, 0.3) is 0 Å². The second-order valence-electron chi connectivity index (χ2n) is 8.76. The van der Waals surface area contributed by atoms with Crippen LogP contribution in [-0.4, -0.2) is 85.9 Å². The molecule has 4 fully saturated rings. The summed E-state index contributed by atoms with van der Waals surface area (Å²) in [4.78, 5) is 28.9. The monoisotopic (exact) mass is 394 g/mol. The Balaban J connectivity index is 1.24. The number of carbonyl (C=O) groups is 2. The summed E-state index contributed by atoms with van der Waals surface area (Å²) in [6, 6.07) is 0. The fourth-order valence-corrected chi connectivity index (χ4v) is 5.06. The van der Waals surface area contributed by atoms with Crippen LogP contribution in [-0.2, 0) is 23.8 Å². The Kier molecular flexibility index (Phi) is 6.53. The summed E-state index contributed by atoms with van der Waals surface area (Å²) in [7, 11) is 0. The van der Waals surface area contributed by atoms with Gasteiger partial charge in [-0.2, -0.15) is 0 Å². The number of likely N-dealkylation sites (tertiary alicyclic amines) is 2. The van der Waals surface area contributed by atoms with E-state index >= 15 is 0 Å². The van der Waals surface area contributed by atoms with Gasteiger partial charge in [0.2, 0.25) is 11.8 Å². The van der Waals surface area contributed by atoms with Crippen LogP contribution in [0.2, 0.25) is 0 Å². The number of nitrogens with zero attached hydrogens (tertiary/aromatic N) is 2. The maximum Gasteiger partial charge on any atom is 0.248 e. The smallest absolute Gasteiger partial charge is 0.248 e. The molecule has 0 aromatic heterocycles. The molecule has 0 N–H and O–H groups in total. The first kappa shape index (κ1) is 20.1. The summed E-state index contributed by atoms with van der Waals surface area (Å²) in [6.07, 6.45) is 7.39. The van der Waals surface area contributed by atoms with Gasteiger partial charge in [-0.25, -0.2) is 0 Å². The fraction of sp³-hybridized carbons (Fsp3) is 0.905. The third-order valence-electron chi connectivity index (χ3n) is 6.91. The van der Waals surface area contributed by atoms with Gasteiger partial charge < -0.3 is 24.0 Å². The number of ether oxygens (including phenoxy) is 3. The first-order valence-corrected chi connectivity index (χ1v) is 11.1. The van der Waals surface area contributed by atoms with Crippen LogP contribution >= 0.6 is 0 Å². The van der Waals surface area contributed by atoms with Gasteiger partial charge >= 0.3 is 0 Å². The van der Waals surface area contributed by atoms with Crippen molar-refractivity contribution in [2.75, 3.05) is 52.6 Å². The Labute approximate surface area is 167 Å². The van der Waals surface area contributed by atoms with Crippen LogP contribution in [0.3, 0.4) is 0 Å². The molecule has 1 unspecified atom stereocenters. The average Bonchev–Trinajstić information content (AvgIpc) is 3.28. The van der Waals surface area contributed by atoms with Crippen LogP contribution in [0.5, 0.6) is 0 Å². The summed E-state index contributed by atoms with van der Waals surface area (Å²) in [5, 5.41) is 0. The summed E-state index contributed by atoms with van der Waals surface area (Å²) >= 11 is 0. The minimum Gasteiger partial charge on any atom is -0.381 e. The Morgan fingerprint density at radius 2 is 1.64 bits per heavy atom. The van der Waals surface area contributed by atoms with E-state index in [4.69, 9.17) is 14.2 Å². The molecule has 0 aromatic rings. The summed E-state index contributed by atoms with van der Waals surface area (Å²) in [5.74, 6) is 0.538. The van der Waals surface area contributed by atoms with Crippen LogP contribution < -0.4 is 0 Å². The zero-order chi connectivity index (χ0) is 19.4. The normalized spacial score (nSPS) is 28.6. The molecule has 4 aliphatic heterocycles. The molecule has 0 aliphatic carbocycles. The topological polar surface area (TPSA) is 68.3 Å². The van der Waals surface area contributed by atoms with Crippen molar-refractivity contribution in [3.63, 3.8) is 0 Å². The van der Waals surface area contributed by atoms with Crippen LogP contribution in [0.1, 0.15) is 51.4 Å². The van der Waals surface area contributed by atoms with E-state index in [0.29, 0.717) is 19.8 Å². The van der Waals surface area contributed by atoms with Gasteiger partial charge in [-0.1, -0.05) is 0 Å². The number of piperidine rings is 1. The first-order valence-electron chi connectivity index (χ1n) is 11.1. The van der Waals surface area contributed by atoms with E-state index in [1.165, 1.54) is 0 Å². The summed E-state index contributed by atoms with van der Waals surface area (Å²) < 4.78 is 17.6. The molecule has 7 nitrogen and oxygen atoms in total. The van der Waals surface area contributed by atoms with Gasteiger partial charge in [-0.15, -0.1) is 0 Å². The average molecular weight is 395 g/mol. The predicted molar refractivity (Wildman–Crippen MR) is 103 cm³/mol. The SMILES string of the molecule is O=C(COC1CCOC2(CCN(C(=O)C3CCOCC3)CC2)C1)N1CCCC1. The van der Waals surface area contributed by atoms with Crippen molar-refractivity contribution in [1.29, 1.82) is 0 Å². The predicted octanol–water partition coefficient (Wildman–Crippen LogP) is 1.59. The van der Waals surface area contributed by atoms with E-state index < -0.39 is 0 Å². The second-order valence-corrected chi connectivity index (χ2v) is 8.76. The van der Waals surface area contributed by atoms with Crippen molar-refractivity contribution in [3.05, 3.63) is 0 Å². The van der Waals surface area contributed by atoms with E-state index in [2.05, 4.69) is 0 Å². The Bertz CT molecular complexity index is 549. The highest BCUT2D eigenvalue weighted by atomic mass is 16.5. The van der Waals surface area contributed by atoms with Gasteiger partial charge in [0, 0.05) is 58.3 Å². The number of amides is 2. The Morgan fingerprint density at radius 1 is 0.929 bits per heavy atom. The molecule has 0 aromatic carbocycles. The third kappa shape index (κ3) is 4.69. The first-order chi connectivity index (χ1) is 13.7. The number of rotatable bonds is 4. The molecule has 0 bridgehead atoms. The third-order valence-corrected chi connectivity index (χ3v) is 6.91. The van der Waals surface area contributed by atoms with Crippen molar-refractivity contribution in [3.8, 4) is 0 Å². The maximum atomic E-state index is 12.8. The van der Waals surface area contributed by atoms with E-state index in [0.717, 1.165) is 77.5 Å². The molecule has 158 valence electrons. The molecule has 4 saturated heterocycles. The highest BCUT2D eigenvalue weighted by molar-refractivity contribution is 5.79. The zero-order valence-electron chi connectivity index (χ0n) is 16.9. The lowest BCUT2D eigenvalue weighted by molar-refractivity contribution is -0.168. The van der Waals surface area contributed by atoms with Gasteiger partial charge in [0.05, 0.1) is 11.7 Å². The molecule has 0 saturated carbocycles. The number of hydrogen-bond donors (Lipinski definition) is 0. The minimum absolute atomic E-state index is 0.0815. The molecular weight excluding hydrogens is 360 g/mol. The molecule has 28 heavy (non-hydrogen) atoms. The molecule has 7 heteroatoms. The van der Waals surface area contributed by atoms with E-state index in [1.54, 1.807) is 0 Å². The highest BCUT2D eigenvalue weighted by Gasteiger charge is 2.42. The molecule has 4 rings (SSSR count). The van der Waals surface area contributed by atoms with Gasteiger partial charge in [0.15, 0.2) is 0 Å². The van der Waals surface area contributed by atoms with Crippen LogP contribution in [0.4, 0.5) is 0 Å². The van der Waals surface area contributed by atoms with E-state index in [1.807, 2.05) is 9.80 Å². The van der Waals surface area contributed by atoms with Crippen molar-refractivity contribution in [2.24, 2.45) is 5.92 Å². The van der Waals surface area contributed by atoms with Crippen LogP contribution in [0.15, 0.2) is 0 Å². The molecule has 0 radical (unpaired) electrons. The standard InChI is InChI=1S/C21H34N2O5/c24-19(22-8-1-2-9-22)16-27-18-5-14-28-21(15-18)6-10-23(11-7-21)20(25)17-3-12-26-13-4-17/h17-18H,1-16H2. The molecular formula is C21H34N2O5. The Hall–Kier alpha value is -1.18. The Morgan fingerprint density at radius 3 is 2.36 bits per heavy atom. The number of carbonyl (C=O) groups excluding carboxylic acids is 2. The molecule has 2 amide bonds. The number of hydrogen-bond acceptors (Lipinski definition) is 5. The van der Waals surface area contributed by atoms with Gasteiger partial charge in [-0.05, 0) is 44.9 Å². The van der Waals surface area contributed by atoms with Gasteiger partial charge in [-0.3, -0.25) is 9.59 Å². The van der Waals surface area contributed by atoms with E-state index in [9.17, 15) is 9.59 Å². The summed E-state index contributed by atoms with van der Waals surface area (Å²) in [5.41, 5.74) is -0.188. The quantitative estimate of drug-likeness (QED) is 0.724. The second kappa shape index (κ2) is 9.09. The van der Waals surface area contributed by atoms with Crippen LogP contribution in [0, 0.1) is 5.92 Å². The van der Waals surface area contributed by atoms with Crippen molar-refractivity contribution in [1.82, 2.24) is 9.80 Å². The zero-order valence-corrected chi connectivity index (χ0v) is 16.9. The molecule has 4 aliphatic rings. The highest BCUT2D eigenvalue weighted by Crippen LogP contribution is 2.36. The van der Waals surface area contributed by atoms with Gasteiger partial charge in [0.1, 0.15) is 6.61 Å². The maximum absolute atomic E-state index is 12.8. The van der Waals surface area contributed by atoms with Crippen molar-refractivity contribution < 1.29 is 23.8 Å². The summed E-state index contributed by atoms with van der Waals surface area (Å²) in [6.45, 7) is 5.53. The minimum atomic E-state index is -0.188. The lowest BCUT2D eigenvalue weighted by atomic mass is 9.82. The molecule has 4 heterocycles. The lowest BCUT2D eigenvalue weighted by Crippen LogP contribution is -2.53. The van der Waals surface area contributed by atoms with E-state index in [-0.39, 0.29) is 36.0 Å². The largest absolute Gasteiger partial charge is 0.381 e. The molecule has 1 spiro atoms. The van der Waals surface area contributed by atoms with Gasteiger partial charge in [0.25, 0.3) is 0 Å². The molecule has 1 atom stereocenters.